The lowest BCUT2D eigenvalue weighted by Crippen LogP contribution is -2.30. The third-order valence-electron chi connectivity index (χ3n) is 12.8. The number of carbonyl (C=O) groups is 3. The summed E-state index contributed by atoms with van der Waals surface area (Å²) in [6.45, 7) is 4.39. The lowest BCUT2D eigenvalue weighted by molar-refractivity contribution is -0.161. The molecule has 0 bridgehead atoms. The van der Waals surface area contributed by atoms with Crippen LogP contribution in [0.3, 0.4) is 0 Å². The van der Waals surface area contributed by atoms with Gasteiger partial charge in [-0.1, -0.05) is 221 Å². The van der Waals surface area contributed by atoms with E-state index in [1.165, 1.54) is 89.9 Å². The Labute approximate surface area is 464 Å². The molecule has 0 rings (SSSR count). The zero-order valence-corrected chi connectivity index (χ0v) is 49.3. The molecule has 0 aromatic carbocycles. The second kappa shape index (κ2) is 57.8. The smallest absolute Gasteiger partial charge is 0.462 e. The van der Waals surface area contributed by atoms with Crippen molar-refractivity contribution in [1.29, 1.82) is 0 Å². The molecule has 3 atom stereocenters. The molecule has 2 N–H and O–H groups in total. The highest BCUT2D eigenvalue weighted by Gasteiger charge is 2.28. The van der Waals surface area contributed by atoms with Crippen LogP contribution >= 0.6 is 7.82 Å². The number of hydrogen-bond donors (Lipinski definition) is 2. The summed E-state index contributed by atoms with van der Waals surface area (Å²) >= 11 is 0. The van der Waals surface area contributed by atoms with E-state index in [-0.39, 0.29) is 25.9 Å². The SMILES string of the molecule is CC/C=C\C/C=C\C/C=C\CCCCCCCCCC(=O)OC(COC(=O)CCCCCCCCCCC/C=C\CCCCCCCC)COP(=O)(O)OCC(CO)OC(=O)CCCCC/C=C\C/C=C\C/C=C\CC. The van der Waals surface area contributed by atoms with Gasteiger partial charge in [-0.3, -0.25) is 23.4 Å². The van der Waals surface area contributed by atoms with Gasteiger partial charge in [0.15, 0.2) is 6.10 Å². The van der Waals surface area contributed by atoms with E-state index in [1.807, 2.05) is 0 Å². The Kier molecular flexibility index (Phi) is 55.3. The summed E-state index contributed by atoms with van der Waals surface area (Å²) in [5.74, 6) is -1.50. The van der Waals surface area contributed by atoms with Gasteiger partial charge < -0.3 is 24.2 Å². The summed E-state index contributed by atoms with van der Waals surface area (Å²) in [6, 6.07) is 0. The normalized spacial score (nSPS) is 13.9. The molecule has 0 heterocycles. The molecule has 0 fully saturated rings. The molecule has 0 saturated carbocycles. The minimum absolute atomic E-state index is 0.139. The molecule has 438 valence electrons. The van der Waals surface area contributed by atoms with Crippen molar-refractivity contribution < 1.29 is 52.2 Å². The molecule has 11 nitrogen and oxygen atoms in total. The van der Waals surface area contributed by atoms with Crippen molar-refractivity contribution in [2.45, 2.75) is 277 Å². The molecule has 0 aliphatic rings. The first kappa shape index (κ1) is 72.7. The second-order valence-corrected chi connectivity index (χ2v) is 21.6. The Morgan fingerprint density at radius 1 is 0.382 bits per heavy atom. The van der Waals surface area contributed by atoms with Crippen molar-refractivity contribution in [3.63, 3.8) is 0 Å². The van der Waals surface area contributed by atoms with Gasteiger partial charge in [0.1, 0.15) is 12.7 Å². The summed E-state index contributed by atoms with van der Waals surface area (Å²) in [4.78, 5) is 48.6. The number of carbonyl (C=O) groups excluding carboxylic acids is 3. The van der Waals surface area contributed by atoms with Crippen molar-refractivity contribution in [3.05, 3.63) is 85.1 Å². The molecule has 0 radical (unpaired) electrons. The Hall–Kier alpha value is -3.34. The Balaban J connectivity index is 4.74. The monoisotopic (exact) mass is 1090 g/mol. The third kappa shape index (κ3) is 55.4. The van der Waals surface area contributed by atoms with Gasteiger partial charge >= 0.3 is 25.7 Å². The number of aliphatic hydroxyl groups is 1. The van der Waals surface area contributed by atoms with Crippen LogP contribution in [0.1, 0.15) is 265 Å². The molecule has 0 amide bonds. The van der Waals surface area contributed by atoms with Crippen molar-refractivity contribution in [2.75, 3.05) is 26.4 Å². The van der Waals surface area contributed by atoms with Gasteiger partial charge in [0.2, 0.25) is 0 Å². The van der Waals surface area contributed by atoms with E-state index >= 15 is 0 Å². The van der Waals surface area contributed by atoms with Gasteiger partial charge in [-0.25, -0.2) is 4.57 Å². The van der Waals surface area contributed by atoms with Crippen molar-refractivity contribution >= 4 is 25.7 Å². The minimum Gasteiger partial charge on any atom is -0.462 e. The van der Waals surface area contributed by atoms with Gasteiger partial charge in [0, 0.05) is 19.3 Å². The zero-order valence-electron chi connectivity index (χ0n) is 48.5. The fourth-order valence-corrected chi connectivity index (χ4v) is 8.99. The van der Waals surface area contributed by atoms with Crippen LogP contribution < -0.4 is 0 Å². The number of ether oxygens (including phenoxy) is 3. The number of aliphatic hydroxyl groups excluding tert-OH is 1. The Bertz CT molecular complexity index is 1600. The van der Waals surface area contributed by atoms with Crippen molar-refractivity contribution in [2.24, 2.45) is 0 Å². The van der Waals surface area contributed by atoms with Gasteiger partial charge in [0.05, 0.1) is 19.8 Å². The average molecular weight is 1090 g/mol. The number of phosphoric acid groups is 1. The molecule has 0 aliphatic carbocycles. The first-order chi connectivity index (χ1) is 37.2. The highest BCUT2D eigenvalue weighted by atomic mass is 31.2. The summed E-state index contributed by atoms with van der Waals surface area (Å²) in [7, 11) is -4.76. The summed E-state index contributed by atoms with van der Waals surface area (Å²) in [5, 5.41) is 9.81. The quantitative estimate of drug-likeness (QED) is 0.0197. The highest BCUT2D eigenvalue weighted by molar-refractivity contribution is 7.47. The number of rotatable bonds is 56. The number of phosphoric ester groups is 1. The Morgan fingerprint density at radius 2 is 0.684 bits per heavy atom. The van der Waals surface area contributed by atoms with Gasteiger partial charge in [-0.15, -0.1) is 0 Å². The number of unbranched alkanes of at least 4 members (excludes halogenated alkanes) is 25. The van der Waals surface area contributed by atoms with E-state index in [4.69, 9.17) is 23.3 Å². The highest BCUT2D eigenvalue weighted by Crippen LogP contribution is 2.43. The van der Waals surface area contributed by atoms with Crippen LogP contribution in [-0.2, 0) is 42.2 Å². The Morgan fingerprint density at radius 3 is 1.08 bits per heavy atom. The topological polar surface area (TPSA) is 155 Å². The average Bonchev–Trinajstić information content (AvgIpc) is 3.41. The van der Waals surface area contributed by atoms with Crippen LogP contribution in [0.2, 0.25) is 0 Å². The molecule has 0 aromatic rings. The van der Waals surface area contributed by atoms with E-state index in [0.29, 0.717) is 19.3 Å². The number of allylic oxidation sites excluding steroid dienone is 14. The maximum atomic E-state index is 12.9. The molecular weight excluding hydrogens is 976 g/mol. The van der Waals surface area contributed by atoms with Gasteiger partial charge in [0.25, 0.3) is 0 Å². The second-order valence-electron chi connectivity index (χ2n) is 20.1. The van der Waals surface area contributed by atoms with Crippen LogP contribution in [0.25, 0.3) is 0 Å². The fourth-order valence-electron chi connectivity index (χ4n) is 8.20. The maximum Gasteiger partial charge on any atom is 0.472 e. The number of esters is 3. The molecule has 0 aliphatic heterocycles. The minimum atomic E-state index is -4.76. The molecule has 0 spiro atoms. The van der Waals surface area contributed by atoms with Crippen LogP contribution in [0, 0.1) is 0 Å². The molecule has 0 aromatic heterocycles. The lowest BCUT2D eigenvalue weighted by Gasteiger charge is -2.21. The summed E-state index contributed by atoms with van der Waals surface area (Å²) in [6.07, 6.45) is 66.8. The van der Waals surface area contributed by atoms with Gasteiger partial charge in [-0.05, 0) is 109 Å². The van der Waals surface area contributed by atoms with Crippen LogP contribution in [0.15, 0.2) is 85.1 Å². The van der Waals surface area contributed by atoms with Crippen LogP contribution in [0.5, 0.6) is 0 Å². The van der Waals surface area contributed by atoms with E-state index in [2.05, 4.69) is 106 Å². The zero-order chi connectivity index (χ0) is 55.5. The van der Waals surface area contributed by atoms with E-state index in [9.17, 15) is 28.9 Å². The van der Waals surface area contributed by atoms with E-state index in [0.717, 1.165) is 116 Å². The first-order valence-corrected chi connectivity index (χ1v) is 32.0. The van der Waals surface area contributed by atoms with E-state index < -0.39 is 57.8 Å². The summed E-state index contributed by atoms with van der Waals surface area (Å²) in [5.41, 5.74) is 0. The van der Waals surface area contributed by atoms with Crippen LogP contribution in [0.4, 0.5) is 0 Å². The van der Waals surface area contributed by atoms with Crippen molar-refractivity contribution in [3.8, 4) is 0 Å². The number of hydrogen-bond acceptors (Lipinski definition) is 10. The van der Waals surface area contributed by atoms with Gasteiger partial charge in [-0.2, -0.15) is 0 Å². The third-order valence-corrected chi connectivity index (χ3v) is 13.7. The lowest BCUT2D eigenvalue weighted by atomic mass is 10.1. The standard InChI is InChI=1S/C64H111O11P/c1-4-7-10-13-16-19-22-25-27-29-30-32-33-36-38-41-44-47-50-53-62(66)71-57-61(75-64(68)55-52-49-46-43-40-37-34-31-28-26-23-20-17-14-11-8-5-2)59-73-76(69,70)72-58-60(56-65)74-63(67)54-51-48-45-42-39-35-24-21-18-15-12-9-6-3/h8-9,11-12,17-18,20-21,25-28,35,39,60-61,65H,4-7,10,13-16,19,22-24,29-34,36-38,40-59H2,1-3H3,(H,69,70)/b11-8-,12-9-,20-17-,21-18-,27-25-,28-26-,39-35-. The molecule has 0 saturated heterocycles. The maximum absolute atomic E-state index is 12.9. The predicted octanol–water partition coefficient (Wildman–Crippen LogP) is 18.3. The molecular formula is C64H111O11P. The summed E-state index contributed by atoms with van der Waals surface area (Å²) < 4.78 is 39.6. The fraction of sp³-hybridized carbons (Fsp3) is 0.734. The largest absolute Gasteiger partial charge is 0.472 e. The molecule has 12 heteroatoms. The predicted molar refractivity (Wildman–Crippen MR) is 316 cm³/mol. The van der Waals surface area contributed by atoms with Crippen LogP contribution in [-0.4, -0.2) is 66.5 Å². The molecule has 76 heavy (non-hydrogen) atoms. The molecule has 3 unspecified atom stereocenters. The van der Waals surface area contributed by atoms with E-state index in [1.54, 1.807) is 0 Å². The van der Waals surface area contributed by atoms with Crippen molar-refractivity contribution in [1.82, 2.24) is 0 Å². The first-order valence-electron chi connectivity index (χ1n) is 30.5.